The van der Waals surface area contributed by atoms with Crippen LogP contribution in [0.4, 0.5) is 5.69 Å². The van der Waals surface area contributed by atoms with Crippen molar-refractivity contribution < 1.29 is 18.8 Å². The molecule has 160 valence electrons. The van der Waals surface area contributed by atoms with Gasteiger partial charge in [0.05, 0.1) is 18.6 Å². The van der Waals surface area contributed by atoms with Crippen LogP contribution >= 0.6 is 35.1 Å². The Kier molecular flexibility index (Phi) is 6.64. The second-order valence-electron chi connectivity index (χ2n) is 6.49. The fourth-order valence-electron chi connectivity index (χ4n) is 2.80. The number of carbonyl (C=O) groups excluding carboxylic acids is 3. The van der Waals surface area contributed by atoms with Gasteiger partial charge >= 0.3 is 0 Å². The highest BCUT2D eigenvalue weighted by Crippen LogP contribution is 2.31. The van der Waals surface area contributed by atoms with E-state index in [1.807, 2.05) is 0 Å². The maximum Gasteiger partial charge on any atom is 0.243 e. The van der Waals surface area contributed by atoms with E-state index in [2.05, 4.69) is 20.8 Å². The lowest BCUT2D eigenvalue weighted by atomic mass is 10.2. The van der Waals surface area contributed by atoms with Crippen LogP contribution in [0, 0.1) is 0 Å². The van der Waals surface area contributed by atoms with Crippen molar-refractivity contribution in [3.8, 4) is 0 Å². The van der Waals surface area contributed by atoms with Gasteiger partial charge in [-0.15, -0.1) is 10.2 Å². The predicted octanol–water partition coefficient (Wildman–Crippen LogP) is 2.90. The van der Waals surface area contributed by atoms with Crippen molar-refractivity contribution in [1.29, 1.82) is 0 Å². The number of rotatable bonds is 6. The Morgan fingerprint density at radius 1 is 1.26 bits per heavy atom. The molecule has 2 fully saturated rings. The molecule has 9 nitrogen and oxygen atoms in total. The van der Waals surface area contributed by atoms with Crippen LogP contribution in [0.25, 0.3) is 0 Å². The molecule has 3 heterocycles. The van der Waals surface area contributed by atoms with Gasteiger partial charge in [0, 0.05) is 17.1 Å². The molecule has 3 amide bonds. The highest BCUT2D eigenvalue weighted by Gasteiger charge is 2.40. The van der Waals surface area contributed by atoms with Crippen LogP contribution in [0.15, 0.2) is 57.3 Å². The van der Waals surface area contributed by atoms with Crippen molar-refractivity contribution in [3.63, 3.8) is 0 Å². The molecule has 1 aromatic heterocycles. The molecule has 2 N–H and O–H groups in total. The first kappa shape index (κ1) is 21.5. The standard InChI is InChI=1S/C19H16ClN5O4S2/c20-11-3-5-12(6-4-11)21-15(26)8-14-17(28)25(9-13-2-1-7-29-13)19(31-14)24-23-18-22-16(27)10-30-18/h1-7,14H,8-10H2,(H,21,26)(H,22,23,27)/b24-19-/t14-/m0/s1. The summed E-state index contributed by atoms with van der Waals surface area (Å²) in [6, 6.07) is 10.2. The monoisotopic (exact) mass is 477 g/mol. The number of furan rings is 1. The number of amides is 3. The third-order valence-corrected chi connectivity index (χ3v) is 6.51. The maximum absolute atomic E-state index is 13.0. The molecule has 0 aliphatic carbocycles. The zero-order valence-electron chi connectivity index (χ0n) is 15.9. The average molecular weight is 478 g/mol. The third kappa shape index (κ3) is 5.49. The van der Waals surface area contributed by atoms with E-state index < -0.39 is 5.25 Å². The number of thioether (sulfide) groups is 2. The lowest BCUT2D eigenvalue weighted by molar-refractivity contribution is -0.128. The van der Waals surface area contributed by atoms with Crippen LogP contribution in [-0.2, 0) is 20.9 Å². The fourth-order valence-corrected chi connectivity index (χ4v) is 4.64. The summed E-state index contributed by atoms with van der Waals surface area (Å²) in [5.41, 5.74) is 0.589. The number of amidine groups is 2. The smallest absolute Gasteiger partial charge is 0.243 e. The number of nitrogens with zero attached hydrogens (tertiary/aromatic N) is 3. The van der Waals surface area contributed by atoms with Gasteiger partial charge in [-0.1, -0.05) is 35.1 Å². The lowest BCUT2D eigenvalue weighted by Gasteiger charge is -2.14. The quantitative estimate of drug-likeness (QED) is 0.618. The molecule has 0 bridgehead atoms. The second kappa shape index (κ2) is 9.58. The Morgan fingerprint density at radius 2 is 2.06 bits per heavy atom. The molecule has 31 heavy (non-hydrogen) atoms. The van der Waals surface area contributed by atoms with E-state index in [4.69, 9.17) is 16.0 Å². The highest BCUT2D eigenvalue weighted by molar-refractivity contribution is 8.15. The molecule has 0 unspecified atom stereocenters. The fraction of sp³-hybridized carbons (Fsp3) is 0.211. The maximum atomic E-state index is 13.0. The first-order chi connectivity index (χ1) is 15.0. The van der Waals surface area contributed by atoms with Crippen LogP contribution in [-0.4, -0.2) is 44.0 Å². The van der Waals surface area contributed by atoms with E-state index in [0.717, 1.165) is 11.8 Å². The molecule has 4 rings (SSSR count). The molecule has 0 spiro atoms. The first-order valence-corrected chi connectivity index (χ1v) is 11.4. The molecule has 2 saturated heterocycles. The molecule has 1 aromatic carbocycles. The number of carbonyl (C=O) groups is 3. The van der Waals surface area contributed by atoms with Crippen LogP contribution in [0.2, 0.25) is 5.02 Å². The van der Waals surface area contributed by atoms with Gasteiger partial charge in [-0.2, -0.15) is 0 Å². The SMILES string of the molecule is O=C1CSC(=N/N=C2\S[C@@H](CC(=O)Nc3ccc(Cl)cc3)C(=O)N2Cc2ccco2)N1. The molecular formula is C19H16ClN5O4S2. The van der Waals surface area contributed by atoms with Crippen molar-refractivity contribution in [3.05, 3.63) is 53.4 Å². The number of nitrogens with one attached hydrogen (secondary N) is 2. The van der Waals surface area contributed by atoms with E-state index >= 15 is 0 Å². The Hall–Kier alpha value is -2.76. The molecule has 2 aliphatic heterocycles. The van der Waals surface area contributed by atoms with Gasteiger partial charge in [0.1, 0.15) is 11.0 Å². The summed E-state index contributed by atoms with van der Waals surface area (Å²) < 4.78 is 5.34. The average Bonchev–Trinajstić information content (AvgIpc) is 3.46. The minimum absolute atomic E-state index is 0.0398. The van der Waals surface area contributed by atoms with E-state index in [1.54, 1.807) is 36.4 Å². The number of anilines is 1. The predicted molar refractivity (Wildman–Crippen MR) is 121 cm³/mol. The van der Waals surface area contributed by atoms with Gasteiger partial charge in [0.25, 0.3) is 0 Å². The molecule has 12 heteroatoms. The van der Waals surface area contributed by atoms with Crippen LogP contribution in [0.3, 0.4) is 0 Å². The number of hydrogen-bond acceptors (Lipinski definition) is 8. The van der Waals surface area contributed by atoms with Gasteiger partial charge in [-0.3, -0.25) is 19.3 Å². The normalized spacial score (nSPS) is 21.2. The summed E-state index contributed by atoms with van der Waals surface area (Å²) in [5.74, 6) is 0.124. The van der Waals surface area contributed by atoms with Crippen molar-refractivity contribution >= 4 is 68.9 Å². The second-order valence-corrected chi connectivity index (χ2v) is 9.06. The van der Waals surface area contributed by atoms with Crippen LogP contribution in [0.1, 0.15) is 12.2 Å². The van der Waals surface area contributed by atoms with Crippen molar-refractivity contribution in [2.75, 3.05) is 11.1 Å². The Balaban J connectivity index is 1.48. The minimum Gasteiger partial charge on any atom is -0.467 e. The van der Waals surface area contributed by atoms with Gasteiger partial charge in [0.2, 0.25) is 17.7 Å². The molecule has 0 saturated carbocycles. The topological polar surface area (TPSA) is 116 Å². The number of halogens is 1. The number of hydrogen-bond donors (Lipinski definition) is 2. The van der Waals surface area contributed by atoms with Gasteiger partial charge in [-0.05, 0) is 36.4 Å². The number of benzene rings is 1. The van der Waals surface area contributed by atoms with E-state index in [-0.39, 0.29) is 36.4 Å². The molecule has 1 atom stereocenters. The molecule has 2 aromatic rings. The minimum atomic E-state index is -0.660. The summed E-state index contributed by atoms with van der Waals surface area (Å²) in [6.07, 6.45) is 1.48. The van der Waals surface area contributed by atoms with Gasteiger partial charge < -0.3 is 15.1 Å². The first-order valence-electron chi connectivity index (χ1n) is 9.12. The van der Waals surface area contributed by atoms with Crippen molar-refractivity contribution in [1.82, 2.24) is 10.2 Å². The van der Waals surface area contributed by atoms with Crippen LogP contribution < -0.4 is 10.6 Å². The molecule has 2 aliphatic rings. The highest BCUT2D eigenvalue weighted by atomic mass is 35.5. The lowest BCUT2D eigenvalue weighted by Crippen LogP contribution is -2.33. The molecule has 0 radical (unpaired) electrons. The molecular weight excluding hydrogens is 462 g/mol. The summed E-state index contributed by atoms with van der Waals surface area (Å²) >= 11 is 8.24. The van der Waals surface area contributed by atoms with Crippen LogP contribution in [0.5, 0.6) is 0 Å². The van der Waals surface area contributed by atoms with E-state index in [9.17, 15) is 14.4 Å². The zero-order chi connectivity index (χ0) is 21.8. The van der Waals surface area contributed by atoms with Gasteiger partial charge in [-0.25, -0.2) is 0 Å². The van der Waals surface area contributed by atoms with Crippen molar-refractivity contribution in [2.45, 2.75) is 18.2 Å². The van der Waals surface area contributed by atoms with E-state index in [1.165, 1.54) is 22.9 Å². The largest absolute Gasteiger partial charge is 0.467 e. The Labute approximate surface area is 190 Å². The summed E-state index contributed by atoms with van der Waals surface area (Å²) in [4.78, 5) is 38.2. The Morgan fingerprint density at radius 3 is 2.74 bits per heavy atom. The summed E-state index contributed by atoms with van der Waals surface area (Å²) in [6.45, 7) is 0.164. The zero-order valence-corrected chi connectivity index (χ0v) is 18.3. The van der Waals surface area contributed by atoms with Crippen molar-refractivity contribution in [2.24, 2.45) is 10.2 Å². The third-order valence-electron chi connectivity index (χ3n) is 4.23. The van der Waals surface area contributed by atoms with Gasteiger partial charge in [0.15, 0.2) is 10.3 Å². The van der Waals surface area contributed by atoms with E-state index in [0.29, 0.717) is 26.8 Å². The summed E-state index contributed by atoms with van der Waals surface area (Å²) in [5, 5.41) is 14.1. The summed E-state index contributed by atoms with van der Waals surface area (Å²) in [7, 11) is 0. The Bertz CT molecular complexity index is 1060.